The maximum Gasteiger partial charge on any atom is 0.273 e. The number of rotatable bonds is 9. The highest BCUT2D eigenvalue weighted by atomic mass is 16.5. The minimum absolute atomic E-state index is 0.0549. The van der Waals surface area contributed by atoms with Gasteiger partial charge in [0, 0.05) is 28.6 Å². The van der Waals surface area contributed by atoms with Crippen LogP contribution in [0.1, 0.15) is 92.7 Å². The van der Waals surface area contributed by atoms with Gasteiger partial charge in [0.25, 0.3) is 6.33 Å². The summed E-state index contributed by atoms with van der Waals surface area (Å²) in [7, 11) is 0. The van der Waals surface area contributed by atoms with Gasteiger partial charge >= 0.3 is 0 Å². The molecule has 0 saturated heterocycles. The molecule has 0 atom stereocenters. The van der Waals surface area contributed by atoms with Crippen molar-refractivity contribution in [3.8, 4) is 73.5 Å². The summed E-state index contributed by atoms with van der Waals surface area (Å²) < 4.78 is 99.6. The number of para-hydroxylation sites is 1. The summed E-state index contributed by atoms with van der Waals surface area (Å²) in [6.07, 6.45) is 5.22. The van der Waals surface area contributed by atoms with Crippen LogP contribution in [0, 0.1) is 6.33 Å². The molecule has 11 aromatic rings. The molecule has 0 aliphatic heterocycles. The first-order valence-corrected chi connectivity index (χ1v) is 24.5. The van der Waals surface area contributed by atoms with Crippen LogP contribution in [-0.4, -0.2) is 19.2 Å². The van der Waals surface area contributed by atoms with Crippen molar-refractivity contribution in [2.75, 3.05) is 0 Å². The van der Waals surface area contributed by atoms with Gasteiger partial charge in [0.15, 0.2) is 5.82 Å². The quantitative estimate of drug-likeness (QED) is 0.107. The Morgan fingerprint density at radius 2 is 1.12 bits per heavy atom. The van der Waals surface area contributed by atoms with Gasteiger partial charge in [0.2, 0.25) is 0 Å². The molecule has 0 aliphatic carbocycles. The highest BCUT2D eigenvalue weighted by Gasteiger charge is 2.24. The smallest absolute Gasteiger partial charge is 0.273 e. The summed E-state index contributed by atoms with van der Waals surface area (Å²) in [5.41, 5.74) is 8.65. The predicted molar refractivity (Wildman–Crippen MR) is 300 cm³/mol. The minimum Gasteiger partial charge on any atom is -0.458 e. The third-order valence-corrected chi connectivity index (χ3v) is 13.3. The van der Waals surface area contributed by atoms with Gasteiger partial charge in [-0.25, -0.2) is 4.98 Å². The molecule has 0 radical (unpaired) electrons. The molecule has 3 heterocycles. The molecule has 6 nitrogen and oxygen atoms in total. The van der Waals surface area contributed by atoms with Crippen molar-refractivity contribution >= 4 is 21.8 Å². The van der Waals surface area contributed by atoms with Gasteiger partial charge in [-0.15, -0.1) is 5.10 Å². The highest BCUT2D eigenvalue weighted by molar-refractivity contribution is 6.10. The van der Waals surface area contributed by atoms with E-state index in [1.54, 1.807) is 22.8 Å². The molecule has 0 saturated carbocycles. The van der Waals surface area contributed by atoms with Crippen LogP contribution >= 0.6 is 0 Å². The number of benzene rings is 8. The number of ether oxygens (including phenoxy) is 1. The van der Waals surface area contributed by atoms with E-state index in [4.69, 9.17) is 28.5 Å². The van der Waals surface area contributed by atoms with E-state index < -0.39 is 60.4 Å². The van der Waals surface area contributed by atoms with Gasteiger partial charge in [0.1, 0.15) is 17.3 Å². The number of nitrogens with zero attached hydrogens (tertiary/aromatic N) is 5. The van der Waals surface area contributed by atoms with E-state index in [-0.39, 0.29) is 44.2 Å². The summed E-state index contributed by atoms with van der Waals surface area (Å²) in [5, 5.41) is 7.18. The molecule has 0 fully saturated rings. The van der Waals surface area contributed by atoms with Crippen LogP contribution in [0.25, 0.3) is 83.8 Å². The molecule has 11 rings (SSSR count). The van der Waals surface area contributed by atoms with E-state index in [0.29, 0.717) is 28.6 Å². The monoisotopic (exact) mass is 962 g/mol. The fraction of sp³-hybridized carbons (Fsp3) is 0.179. The van der Waals surface area contributed by atoms with Crippen LogP contribution in [0.3, 0.4) is 0 Å². The summed E-state index contributed by atoms with van der Waals surface area (Å²) in [4.78, 5) is 4.98. The topological polar surface area (TPSA) is 48.8 Å². The predicted octanol–water partition coefficient (Wildman–Crippen LogP) is 16.8. The van der Waals surface area contributed by atoms with Gasteiger partial charge in [-0.1, -0.05) is 208 Å². The first-order valence-electron chi connectivity index (χ1n) is 29.5. The van der Waals surface area contributed by atoms with Crippen molar-refractivity contribution in [2.24, 2.45) is 0 Å². The summed E-state index contributed by atoms with van der Waals surface area (Å²) in [5.74, 6) is 2.16. The van der Waals surface area contributed by atoms with Crippen molar-refractivity contribution < 1.29 is 23.1 Å². The normalized spacial score (nSPS) is 14.1. The molecule has 0 amide bonds. The Balaban J connectivity index is 1.08. The second kappa shape index (κ2) is 18.4. The van der Waals surface area contributed by atoms with Crippen LogP contribution in [0.15, 0.2) is 206 Å². The molecular formula is C67H61N5O. The molecule has 6 heteroatoms. The lowest BCUT2D eigenvalue weighted by molar-refractivity contribution is -0.659. The Hall–Kier alpha value is -8.35. The van der Waals surface area contributed by atoms with E-state index in [0.717, 1.165) is 44.3 Å². The van der Waals surface area contributed by atoms with Gasteiger partial charge in [-0.3, -0.25) is 9.13 Å². The van der Waals surface area contributed by atoms with Crippen LogP contribution in [0.5, 0.6) is 11.5 Å². The lowest BCUT2D eigenvalue weighted by Crippen LogP contribution is -2.34. The van der Waals surface area contributed by atoms with Crippen molar-refractivity contribution in [1.82, 2.24) is 19.2 Å². The molecule has 0 aliphatic rings. The molecule has 0 unspecified atom stereocenters. The summed E-state index contributed by atoms with van der Waals surface area (Å²) in [6, 6.07) is 39.8. The third kappa shape index (κ3) is 9.26. The highest BCUT2D eigenvalue weighted by Crippen LogP contribution is 2.41. The van der Waals surface area contributed by atoms with Gasteiger partial charge in [-0.05, 0) is 115 Å². The average molecular weight is 962 g/mol. The molecule has 8 aromatic carbocycles. The fourth-order valence-electron chi connectivity index (χ4n) is 9.28. The fourth-order valence-corrected chi connectivity index (χ4v) is 9.28. The number of aromatic nitrogens is 5. The first kappa shape index (κ1) is 36.6. The lowest BCUT2D eigenvalue weighted by Gasteiger charge is -2.26. The van der Waals surface area contributed by atoms with E-state index in [1.165, 1.54) is 15.8 Å². The average Bonchev–Trinajstić information content (AvgIpc) is 2.08. The zero-order chi connectivity index (χ0) is 59.4. The third-order valence-electron chi connectivity index (χ3n) is 13.3. The first-order chi connectivity index (χ1) is 39.2. The van der Waals surface area contributed by atoms with Gasteiger partial charge < -0.3 is 4.74 Å². The number of hydrogen-bond donors (Lipinski definition) is 0. The summed E-state index contributed by atoms with van der Waals surface area (Å²) in [6.45, 7) is 20.1. The molecule has 0 bridgehead atoms. The van der Waals surface area contributed by atoms with Crippen LogP contribution in [0.2, 0.25) is 0 Å². The SMILES string of the molecule is [2H]c1c([2H])c([2H])c(-c2cccc(-c3c([2H])c([2H])c([2H])c([2H])c3[2H])c2-[n+]2[c-]n(-c3cccc(Oc4ccc5c6cc(-c7cc(C(C)(C)C)cc(C(C)(C)C)c7)ccc6n(-c6cc(C(C)(C)C)ccn6)c5c4)c3)c(-c3ccccc3)n2)c([2H])c1[2H]. The van der Waals surface area contributed by atoms with E-state index in [2.05, 4.69) is 128 Å². The molecule has 3 aromatic heterocycles. The molecule has 73 heavy (non-hydrogen) atoms. The molecular weight excluding hydrogens is 891 g/mol. The van der Waals surface area contributed by atoms with Crippen LogP contribution < -0.4 is 9.42 Å². The van der Waals surface area contributed by atoms with Crippen LogP contribution in [-0.2, 0) is 16.2 Å². The zero-order valence-electron chi connectivity index (χ0n) is 52.5. The van der Waals surface area contributed by atoms with Crippen molar-refractivity contribution in [1.29, 1.82) is 0 Å². The van der Waals surface area contributed by atoms with Crippen molar-refractivity contribution in [3.63, 3.8) is 0 Å². The molecule has 0 N–H and O–H groups in total. The Kier molecular flexibility index (Phi) is 9.19. The minimum atomic E-state index is -0.587. The maximum absolute atomic E-state index is 9.07. The van der Waals surface area contributed by atoms with Gasteiger partial charge in [-0.2, -0.15) is 4.68 Å². The molecule has 0 spiro atoms. The van der Waals surface area contributed by atoms with E-state index >= 15 is 0 Å². The summed E-state index contributed by atoms with van der Waals surface area (Å²) >= 11 is 0. The second-order valence-corrected chi connectivity index (χ2v) is 21.5. The van der Waals surface area contributed by atoms with Gasteiger partial charge in [0.05, 0.1) is 36.1 Å². The Labute approximate surface area is 443 Å². The van der Waals surface area contributed by atoms with Crippen molar-refractivity contribution in [3.05, 3.63) is 229 Å². The van der Waals surface area contributed by atoms with Crippen molar-refractivity contribution in [2.45, 2.75) is 78.6 Å². The Bertz CT molecular complexity index is 4260. The Morgan fingerprint density at radius 1 is 0.493 bits per heavy atom. The van der Waals surface area contributed by atoms with E-state index in [9.17, 15) is 0 Å². The lowest BCUT2D eigenvalue weighted by atomic mass is 9.79. The second-order valence-electron chi connectivity index (χ2n) is 21.5. The maximum atomic E-state index is 9.07. The molecule has 360 valence electrons. The largest absolute Gasteiger partial charge is 0.458 e. The Morgan fingerprint density at radius 3 is 1.77 bits per heavy atom. The zero-order valence-corrected chi connectivity index (χ0v) is 42.5. The standard InChI is InChI=1S/C67H61N5O/c1-65(2,3)50-35-36-68-62(41-50)72-60-34-31-48(49-37-51(66(4,5)6)40-52(38-49)67(7,8)9)39-59(60)58-33-32-55(43-61(58)72)73-54-28-19-27-53(42-54)70-44-71(69-64(70)47-25-17-12-18-26-47)63-56(45-21-13-10-14-22-45)29-20-30-57(63)46-23-15-11-16-24-46/h10-43H,1-9H3/i10D,11D,13D,14D,15D,16D,21D,22D,23D,24D. The number of hydrogen-bond acceptors (Lipinski definition) is 3. The van der Waals surface area contributed by atoms with E-state index in [1.807, 2.05) is 72.9 Å². The van der Waals surface area contributed by atoms with Crippen LogP contribution in [0.4, 0.5) is 0 Å². The number of pyridine rings is 1. The number of fused-ring (bicyclic) bond motifs is 3.